The zero-order valence-corrected chi connectivity index (χ0v) is 9.35. The van der Waals surface area contributed by atoms with Crippen LogP contribution in [0.25, 0.3) is 0 Å². The molecule has 1 aromatic carbocycles. The predicted molar refractivity (Wildman–Crippen MR) is 61.8 cm³/mol. The monoisotopic (exact) mass is 242 g/mol. The van der Waals surface area contributed by atoms with E-state index in [9.17, 15) is 9.18 Å². The zero-order valence-electron chi connectivity index (χ0n) is 8.59. The maximum absolute atomic E-state index is 13.3. The molecular weight excluding hydrogens is 231 g/mol. The van der Waals surface area contributed by atoms with Crippen LogP contribution in [0.4, 0.5) is 9.18 Å². The average molecular weight is 243 g/mol. The molecule has 1 aromatic rings. The van der Waals surface area contributed by atoms with Crippen LogP contribution in [0, 0.1) is 5.82 Å². The molecule has 0 radical (unpaired) electrons. The fourth-order valence-electron chi connectivity index (χ4n) is 1.07. The van der Waals surface area contributed by atoms with Crippen LogP contribution in [0.1, 0.15) is 5.56 Å². The topological polar surface area (TPSA) is 41.1 Å². The highest BCUT2D eigenvalue weighted by atomic mass is 35.5. The number of hydrogen-bond donors (Lipinski definition) is 2. The van der Waals surface area contributed by atoms with Gasteiger partial charge in [0.1, 0.15) is 5.82 Å². The van der Waals surface area contributed by atoms with Gasteiger partial charge in [0.15, 0.2) is 0 Å². The Bertz CT molecular complexity index is 396. The molecule has 0 atom stereocenters. The molecule has 2 amide bonds. The summed E-state index contributed by atoms with van der Waals surface area (Å²) in [7, 11) is 0. The Labute approximate surface area is 98.3 Å². The Morgan fingerprint density at radius 2 is 2.25 bits per heavy atom. The SMILES string of the molecule is C=CCNC(=O)NCc1ccc(Cl)cc1F. The number of rotatable bonds is 4. The van der Waals surface area contributed by atoms with E-state index in [4.69, 9.17) is 11.6 Å². The molecule has 0 fully saturated rings. The van der Waals surface area contributed by atoms with E-state index in [0.717, 1.165) is 0 Å². The van der Waals surface area contributed by atoms with E-state index in [1.165, 1.54) is 12.1 Å². The molecule has 5 heteroatoms. The van der Waals surface area contributed by atoms with E-state index in [0.29, 0.717) is 17.1 Å². The molecular formula is C11H12ClFN2O. The van der Waals surface area contributed by atoms with Gasteiger partial charge in [-0.15, -0.1) is 6.58 Å². The maximum Gasteiger partial charge on any atom is 0.315 e. The third kappa shape index (κ3) is 3.90. The third-order valence-corrected chi connectivity index (χ3v) is 2.10. The van der Waals surface area contributed by atoms with Gasteiger partial charge in [-0.05, 0) is 12.1 Å². The number of amides is 2. The van der Waals surface area contributed by atoms with Gasteiger partial charge >= 0.3 is 6.03 Å². The van der Waals surface area contributed by atoms with E-state index in [1.54, 1.807) is 12.1 Å². The summed E-state index contributed by atoms with van der Waals surface area (Å²) >= 11 is 5.60. The van der Waals surface area contributed by atoms with Crippen molar-refractivity contribution < 1.29 is 9.18 Å². The summed E-state index contributed by atoms with van der Waals surface area (Å²) in [6, 6.07) is 3.95. The Balaban J connectivity index is 2.48. The van der Waals surface area contributed by atoms with Crippen LogP contribution in [0.15, 0.2) is 30.9 Å². The van der Waals surface area contributed by atoms with Gasteiger partial charge < -0.3 is 10.6 Å². The van der Waals surface area contributed by atoms with Crippen molar-refractivity contribution in [1.29, 1.82) is 0 Å². The van der Waals surface area contributed by atoms with Crippen molar-refractivity contribution >= 4 is 17.6 Å². The van der Waals surface area contributed by atoms with E-state index < -0.39 is 5.82 Å². The molecule has 0 saturated heterocycles. The summed E-state index contributed by atoms with van der Waals surface area (Å²) in [5.74, 6) is -0.434. The van der Waals surface area contributed by atoms with Crippen molar-refractivity contribution in [3.8, 4) is 0 Å². The van der Waals surface area contributed by atoms with E-state index in [2.05, 4.69) is 17.2 Å². The molecule has 0 spiro atoms. The molecule has 0 aliphatic rings. The van der Waals surface area contributed by atoms with Gasteiger partial charge in [0.2, 0.25) is 0 Å². The Hall–Kier alpha value is -1.55. The first-order valence-electron chi connectivity index (χ1n) is 4.70. The van der Waals surface area contributed by atoms with Crippen molar-refractivity contribution in [3.05, 3.63) is 47.3 Å². The van der Waals surface area contributed by atoms with Gasteiger partial charge in [0, 0.05) is 23.7 Å². The second-order valence-electron chi connectivity index (χ2n) is 3.09. The van der Waals surface area contributed by atoms with Crippen LogP contribution in [0.2, 0.25) is 5.02 Å². The lowest BCUT2D eigenvalue weighted by Crippen LogP contribution is -2.35. The summed E-state index contributed by atoms with van der Waals surface area (Å²) in [4.78, 5) is 11.1. The standard InChI is InChI=1S/C11H12ClFN2O/c1-2-5-14-11(16)15-7-8-3-4-9(12)6-10(8)13/h2-4,6H,1,5,7H2,(H2,14,15,16). The molecule has 0 aliphatic heterocycles. The normalized spacial score (nSPS) is 9.62. The number of urea groups is 1. The van der Waals surface area contributed by atoms with Crippen LogP contribution >= 0.6 is 11.6 Å². The first-order valence-corrected chi connectivity index (χ1v) is 5.08. The summed E-state index contributed by atoms with van der Waals surface area (Å²) in [6.45, 7) is 3.94. The molecule has 1 rings (SSSR count). The van der Waals surface area contributed by atoms with E-state index in [-0.39, 0.29) is 12.6 Å². The highest BCUT2D eigenvalue weighted by Crippen LogP contribution is 2.14. The number of carbonyl (C=O) groups excluding carboxylic acids is 1. The summed E-state index contributed by atoms with van der Waals surface area (Å²) in [5.41, 5.74) is 0.387. The lowest BCUT2D eigenvalue weighted by atomic mass is 10.2. The lowest BCUT2D eigenvalue weighted by Gasteiger charge is -2.06. The molecule has 86 valence electrons. The predicted octanol–water partition coefficient (Wildman–Crippen LogP) is 2.46. The Morgan fingerprint density at radius 1 is 1.50 bits per heavy atom. The molecule has 0 heterocycles. The largest absolute Gasteiger partial charge is 0.335 e. The van der Waals surface area contributed by atoms with Crippen molar-refractivity contribution in [3.63, 3.8) is 0 Å². The molecule has 0 bridgehead atoms. The van der Waals surface area contributed by atoms with Crippen LogP contribution in [0.5, 0.6) is 0 Å². The zero-order chi connectivity index (χ0) is 12.0. The average Bonchev–Trinajstić information content (AvgIpc) is 2.25. The number of hydrogen-bond acceptors (Lipinski definition) is 1. The second kappa shape index (κ2) is 6.12. The Morgan fingerprint density at radius 3 is 2.88 bits per heavy atom. The van der Waals surface area contributed by atoms with E-state index in [1.807, 2.05) is 0 Å². The first-order chi connectivity index (χ1) is 7.63. The van der Waals surface area contributed by atoms with Gasteiger partial charge in [-0.1, -0.05) is 23.7 Å². The number of carbonyl (C=O) groups is 1. The minimum atomic E-state index is -0.434. The van der Waals surface area contributed by atoms with Gasteiger partial charge in [-0.3, -0.25) is 0 Å². The van der Waals surface area contributed by atoms with Gasteiger partial charge in [-0.2, -0.15) is 0 Å². The van der Waals surface area contributed by atoms with Crippen molar-refractivity contribution in [2.45, 2.75) is 6.54 Å². The second-order valence-corrected chi connectivity index (χ2v) is 3.52. The van der Waals surface area contributed by atoms with Crippen LogP contribution < -0.4 is 10.6 Å². The molecule has 0 aromatic heterocycles. The quantitative estimate of drug-likeness (QED) is 0.783. The maximum atomic E-state index is 13.3. The Kier molecular flexibility index (Phi) is 4.79. The van der Waals surface area contributed by atoms with Crippen molar-refractivity contribution in [1.82, 2.24) is 10.6 Å². The molecule has 0 saturated carbocycles. The third-order valence-electron chi connectivity index (χ3n) is 1.86. The van der Waals surface area contributed by atoms with Crippen LogP contribution in [0.3, 0.4) is 0 Å². The van der Waals surface area contributed by atoms with Crippen molar-refractivity contribution in [2.75, 3.05) is 6.54 Å². The molecule has 16 heavy (non-hydrogen) atoms. The number of nitrogens with one attached hydrogen (secondary N) is 2. The molecule has 3 nitrogen and oxygen atoms in total. The number of benzene rings is 1. The lowest BCUT2D eigenvalue weighted by molar-refractivity contribution is 0.241. The summed E-state index contributed by atoms with van der Waals surface area (Å²) < 4.78 is 13.3. The number of halogens is 2. The highest BCUT2D eigenvalue weighted by molar-refractivity contribution is 6.30. The van der Waals surface area contributed by atoms with E-state index >= 15 is 0 Å². The first kappa shape index (κ1) is 12.5. The summed E-state index contributed by atoms with van der Waals surface area (Å²) in [5, 5.41) is 5.36. The minimum absolute atomic E-state index is 0.117. The minimum Gasteiger partial charge on any atom is -0.335 e. The molecule has 2 N–H and O–H groups in total. The molecule has 0 aliphatic carbocycles. The summed E-state index contributed by atoms with van der Waals surface area (Å²) in [6.07, 6.45) is 1.56. The highest BCUT2D eigenvalue weighted by Gasteiger charge is 2.04. The van der Waals surface area contributed by atoms with Gasteiger partial charge in [0.05, 0.1) is 0 Å². The van der Waals surface area contributed by atoms with Gasteiger partial charge in [0.25, 0.3) is 0 Å². The fourth-order valence-corrected chi connectivity index (χ4v) is 1.23. The molecule has 0 unspecified atom stereocenters. The smallest absolute Gasteiger partial charge is 0.315 e. The van der Waals surface area contributed by atoms with Crippen LogP contribution in [-0.4, -0.2) is 12.6 Å². The fraction of sp³-hybridized carbons (Fsp3) is 0.182. The van der Waals surface area contributed by atoms with Crippen molar-refractivity contribution in [2.24, 2.45) is 0 Å². The van der Waals surface area contributed by atoms with Crippen LogP contribution in [-0.2, 0) is 6.54 Å². The van der Waals surface area contributed by atoms with Gasteiger partial charge in [-0.25, -0.2) is 9.18 Å².